The first-order valence-electron chi connectivity index (χ1n) is 4.77. The minimum atomic E-state index is -0.490. The Morgan fingerprint density at radius 3 is 2.82 bits per heavy atom. The third kappa shape index (κ3) is 2.70. The number of nitrogens with one attached hydrogen (secondary N) is 2. The summed E-state index contributed by atoms with van der Waals surface area (Å²) in [6.45, 7) is 0. The quantitative estimate of drug-likeness (QED) is 0.795. The summed E-state index contributed by atoms with van der Waals surface area (Å²) < 4.78 is 0. The molecule has 86 valence electrons. The molecule has 0 atom stereocenters. The zero-order valence-corrected chi connectivity index (χ0v) is 9.36. The molecular formula is C11H8ClN3O2. The monoisotopic (exact) mass is 249 g/mol. The second kappa shape index (κ2) is 4.80. The maximum absolute atomic E-state index is 11.7. The van der Waals surface area contributed by atoms with Crippen LogP contribution in [-0.2, 0) is 0 Å². The number of hydrogen-bond acceptors (Lipinski definition) is 3. The Balaban J connectivity index is 2.20. The fourth-order valence-corrected chi connectivity index (χ4v) is 1.35. The van der Waals surface area contributed by atoms with Crippen LogP contribution in [0.25, 0.3) is 0 Å². The van der Waals surface area contributed by atoms with E-state index in [4.69, 9.17) is 11.6 Å². The van der Waals surface area contributed by atoms with Crippen molar-refractivity contribution < 1.29 is 4.79 Å². The van der Waals surface area contributed by atoms with E-state index in [1.54, 1.807) is 12.1 Å². The molecule has 0 aliphatic carbocycles. The standard InChI is InChI=1S/C11H8ClN3O2/c12-10-2-1-7(5-14-10)15-11(17)8-6-13-4-3-9(8)16/h1-6H,(H,13,16)(H,15,17). The van der Waals surface area contributed by atoms with Crippen LogP contribution in [-0.4, -0.2) is 15.9 Å². The first-order valence-corrected chi connectivity index (χ1v) is 5.14. The van der Waals surface area contributed by atoms with E-state index < -0.39 is 5.91 Å². The van der Waals surface area contributed by atoms with E-state index in [0.717, 1.165) is 0 Å². The van der Waals surface area contributed by atoms with Crippen molar-refractivity contribution in [2.24, 2.45) is 0 Å². The molecule has 0 saturated carbocycles. The Labute approximate surface area is 101 Å². The molecule has 0 spiro atoms. The van der Waals surface area contributed by atoms with Crippen LogP contribution in [0, 0.1) is 0 Å². The lowest BCUT2D eigenvalue weighted by molar-refractivity contribution is 0.102. The second-order valence-electron chi connectivity index (χ2n) is 3.25. The molecule has 0 unspecified atom stereocenters. The molecule has 2 aromatic heterocycles. The van der Waals surface area contributed by atoms with E-state index in [9.17, 15) is 9.59 Å². The van der Waals surface area contributed by atoms with Gasteiger partial charge in [0.2, 0.25) is 0 Å². The molecule has 17 heavy (non-hydrogen) atoms. The van der Waals surface area contributed by atoms with Gasteiger partial charge in [-0.3, -0.25) is 9.59 Å². The molecule has 0 bridgehead atoms. The van der Waals surface area contributed by atoms with Crippen LogP contribution in [0.5, 0.6) is 0 Å². The molecule has 5 nitrogen and oxygen atoms in total. The van der Waals surface area contributed by atoms with Gasteiger partial charge in [-0.2, -0.15) is 0 Å². The molecule has 2 aromatic rings. The van der Waals surface area contributed by atoms with Gasteiger partial charge in [0.25, 0.3) is 5.91 Å². The van der Waals surface area contributed by atoms with Gasteiger partial charge < -0.3 is 10.3 Å². The van der Waals surface area contributed by atoms with E-state index in [0.29, 0.717) is 10.8 Å². The first-order chi connectivity index (χ1) is 8.16. The van der Waals surface area contributed by atoms with Crippen molar-refractivity contribution in [1.29, 1.82) is 0 Å². The molecule has 2 N–H and O–H groups in total. The number of carbonyl (C=O) groups is 1. The SMILES string of the molecule is O=C(Nc1ccc(Cl)nc1)c1c[nH]ccc1=O. The predicted molar refractivity (Wildman–Crippen MR) is 64.3 cm³/mol. The van der Waals surface area contributed by atoms with Gasteiger partial charge in [-0.15, -0.1) is 0 Å². The predicted octanol–water partition coefficient (Wildman–Crippen LogP) is 1.68. The average molecular weight is 250 g/mol. The summed E-state index contributed by atoms with van der Waals surface area (Å²) in [6.07, 6.45) is 4.22. The van der Waals surface area contributed by atoms with Crippen molar-refractivity contribution in [2.75, 3.05) is 5.32 Å². The van der Waals surface area contributed by atoms with Crippen molar-refractivity contribution in [3.8, 4) is 0 Å². The number of aromatic nitrogens is 2. The Bertz CT molecular complexity index is 592. The van der Waals surface area contributed by atoms with Crippen molar-refractivity contribution in [1.82, 2.24) is 9.97 Å². The van der Waals surface area contributed by atoms with Gasteiger partial charge in [0.1, 0.15) is 10.7 Å². The summed E-state index contributed by atoms with van der Waals surface area (Å²) in [5, 5.41) is 2.88. The van der Waals surface area contributed by atoms with Gasteiger partial charge in [0.15, 0.2) is 5.43 Å². The fourth-order valence-electron chi connectivity index (χ4n) is 1.24. The third-order valence-electron chi connectivity index (χ3n) is 2.05. The van der Waals surface area contributed by atoms with Gasteiger partial charge in [-0.05, 0) is 12.1 Å². The van der Waals surface area contributed by atoms with E-state index in [2.05, 4.69) is 15.3 Å². The summed E-state index contributed by atoms with van der Waals surface area (Å²) in [4.78, 5) is 29.6. The number of anilines is 1. The smallest absolute Gasteiger partial charge is 0.261 e. The molecule has 0 radical (unpaired) electrons. The maximum Gasteiger partial charge on any atom is 0.261 e. The second-order valence-corrected chi connectivity index (χ2v) is 3.63. The van der Waals surface area contributed by atoms with Gasteiger partial charge in [0, 0.05) is 18.5 Å². The lowest BCUT2D eigenvalue weighted by Crippen LogP contribution is -2.20. The minimum absolute atomic E-state index is 0.0439. The third-order valence-corrected chi connectivity index (χ3v) is 2.28. The molecule has 0 saturated heterocycles. The fraction of sp³-hybridized carbons (Fsp3) is 0. The Kier molecular flexibility index (Phi) is 3.20. The van der Waals surface area contributed by atoms with Gasteiger partial charge in [-0.1, -0.05) is 11.6 Å². The van der Waals surface area contributed by atoms with Crippen LogP contribution < -0.4 is 10.7 Å². The molecule has 0 aliphatic rings. The lowest BCUT2D eigenvalue weighted by Gasteiger charge is -2.03. The molecule has 0 fully saturated rings. The van der Waals surface area contributed by atoms with E-state index in [1.165, 1.54) is 24.7 Å². The van der Waals surface area contributed by atoms with Crippen molar-refractivity contribution >= 4 is 23.2 Å². The van der Waals surface area contributed by atoms with Crippen LogP contribution in [0.4, 0.5) is 5.69 Å². The van der Waals surface area contributed by atoms with Crippen molar-refractivity contribution in [3.05, 3.63) is 57.7 Å². The Morgan fingerprint density at radius 2 is 2.18 bits per heavy atom. The number of halogens is 1. The number of rotatable bonds is 2. The summed E-state index contributed by atoms with van der Waals surface area (Å²) in [6, 6.07) is 4.44. The average Bonchev–Trinajstić information content (AvgIpc) is 2.32. The van der Waals surface area contributed by atoms with E-state index in [-0.39, 0.29) is 11.0 Å². The Hall–Kier alpha value is -2.14. The Morgan fingerprint density at radius 1 is 1.35 bits per heavy atom. The molecule has 0 aromatic carbocycles. The topological polar surface area (TPSA) is 74.8 Å². The summed E-state index contributed by atoms with van der Waals surface area (Å²) in [5.74, 6) is -0.490. The highest BCUT2D eigenvalue weighted by atomic mass is 35.5. The highest BCUT2D eigenvalue weighted by molar-refractivity contribution is 6.29. The van der Waals surface area contributed by atoms with Crippen LogP contribution in [0.2, 0.25) is 5.15 Å². The molecule has 1 amide bonds. The van der Waals surface area contributed by atoms with Gasteiger partial charge in [0.05, 0.1) is 11.9 Å². The number of amides is 1. The van der Waals surface area contributed by atoms with Crippen LogP contribution >= 0.6 is 11.6 Å². The summed E-state index contributed by atoms with van der Waals surface area (Å²) >= 11 is 5.61. The number of pyridine rings is 2. The summed E-state index contributed by atoms with van der Waals surface area (Å²) in [5.41, 5.74) is 0.174. The highest BCUT2D eigenvalue weighted by Crippen LogP contribution is 2.10. The van der Waals surface area contributed by atoms with Crippen LogP contribution in [0.1, 0.15) is 10.4 Å². The maximum atomic E-state index is 11.7. The number of nitrogens with zero attached hydrogens (tertiary/aromatic N) is 1. The summed E-state index contributed by atoms with van der Waals surface area (Å²) in [7, 11) is 0. The molecular weight excluding hydrogens is 242 g/mol. The molecule has 0 aliphatic heterocycles. The van der Waals surface area contributed by atoms with Gasteiger partial charge >= 0.3 is 0 Å². The van der Waals surface area contributed by atoms with E-state index in [1.807, 2.05) is 0 Å². The number of H-pyrrole nitrogens is 1. The lowest BCUT2D eigenvalue weighted by atomic mass is 10.2. The molecule has 2 rings (SSSR count). The normalized spacial score (nSPS) is 9.94. The number of carbonyl (C=O) groups excluding carboxylic acids is 1. The van der Waals surface area contributed by atoms with Crippen LogP contribution in [0.15, 0.2) is 41.6 Å². The van der Waals surface area contributed by atoms with E-state index >= 15 is 0 Å². The first kappa shape index (κ1) is 11.3. The molecule has 2 heterocycles. The molecule has 6 heteroatoms. The number of hydrogen-bond donors (Lipinski definition) is 2. The van der Waals surface area contributed by atoms with Crippen molar-refractivity contribution in [2.45, 2.75) is 0 Å². The zero-order valence-electron chi connectivity index (χ0n) is 8.61. The zero-order chi connectivity index (χ0) is 12.3. The van der Waals surface area contributed by atoms with Gasteiger partial charge in [-0.25, -0.2) is 4.98 Å². The largest absolute Gasteiger partial charge is 0.367 e. The van der Waals surface area contributed by atoms with Crippen LogP contribution in [0.3, 0.4) is 0 Å². The minimum Gasteiger partial charge on any atom is -0.367 e. The number of aromatic amines is 1. The van der Waals surface area contributed by atoms with Crippen molar-refractivity contribution in [3.63, 3.8) is 0 Å². The highest BCUT2D eigenvalue weighted by Gasteiger charge is 2.09.